The first kappa shape index (κ1) is 11.7. The molecule has 0 amide bonds. The Kier molecular flexibility index (Phi) is 3.86. The van der Waals surface area contributed by atoms with Crippen LogP contribution in [0.25, 0.3) is 0 Å². The second-order valence-corrected chi connectivity index (χ2v) is 3.73. The maximum atomic E-state index is 5.22. The molecule has 0 unspecified atom stereocenters. The summed E-state index contributed by atoms with van der Waals surface area (Å²) in [7, 11) is 1.81. The van der Waals surface area contributed by atoms with Gasteiger partial charge < -0.3 is 5.32 Å². The highest BCUT2D eigenvalue weighted by Crippen LogP contribution is 2.24. The molecule has 0 fully saturated rings. The average Bonchev–Trinajstić information content (AvgIpc) is 2.22. The van der Waals surface area contributed by atoms with Crippen molar-refractivity contribution >= 4 is 23.0 Å². The second-order valence-electron chi connectivity index (χ2n) is 3.35. The van der Waals surface area contributed by atoms with E-state index in [1.807, 2.05) is 18.0 Å². The van der Waals surface area contributed by atoms with Crippen molar-refractivity contribution in [2.45, 2.75) is 13.8 Å². The first-order valence-corrected chi connectivity index (χ1v) is 5.22. The minimum absolute atomic E-state index is 0.655. The van der Waals surface area contributed by atoms with Gasteiger partial charge in [-0.3, -0.25) is 4.90 Å². The van der Waals surface area contributed by atoms with Crippen LogP contribution in [0.5, 0.6) is 0 Å². The Morgan fingerprint density at radius 3 is 2.33 bits per heavy atom. The molecule has 0 atom stereocenters. The number of hydrogen-bond acceptors (Lipinski definition) is 1. The van der Waals surface area contributed by atoms with Gasteiger partial charge in [-0.2, -0.15) is 0 Å². The van der Waals surface area contributed by atoms with Gasteiger partial charge in [0, 0.05) is 13.2 Å². The van der Waals surface area contributed by atoms with Gasteiger partial charge in [-0.05, 0) is 37.2 Å². The standard InChI is InChI=1S/C12H16N2S/c1-5-14(12(15)13-4)11-9(2)7-6-8-10(11)3/h5-8H,1H2,2-4H3,(H,13,15). The smallest absolute Gasteiger partial charge is 0.177 e. The molecule has 0 aliphatic rings. The fourth-order valence-corrected chi connectivity index (χ4v) is 1.75. The van der Waals surface area contributed by atoms with E-state index in [0.29, 0.717) is 5.11 Å². The van der Waals surface area contributed by atoms with Crippen LogP contribution >= 0.6 is 12.2 Å². The SMILES string of the molecule is C=CN(C(=S)NC)c1c(C)cccc1C. The lowest BCUT2D eigenvalue weighted by molar-refractivity contribution is 1.13. The number of nitrogens with zero attached hydrogens (tertiary/aromatic N) is 1. The third kappa shape index (κ3) is 2.36. The molecule has 0 spiro atoms. The van der Waals surface area contributed by atoms with Crippen LogP contribution in [0.3, 0.4) is 0 Å². The van der Waals surface area contributed by atoms with Gasteiger partial charge in [-0.25, -0.2) is 0 Å². The van der Waals surface area contributed by atoms with Crippen molar-refractivity contribution in [1.82, 2.24) is 5.32 Å². The molecule has 0 aromatic heterocycles. The Labute approximate surface area is 96.6 Å². The van der Waals surface area contributed by atoms with E-state index in [0.717, 1.165) is 5.69 Å². The molecule has 1 rings (SSSR count). The molecule has 15 heavy (non-hydrogen) atoms. The highest BCUT2D eigenvalue weighted by atomic mass is 32.1. The molecule has 80 valence electrons. The van der Waals surface area contributed by atoms with Gasteiger partial charge in [0.25, 0.3) is 0 Å². The van der Waals surface area contributed by atoms with Crippen LogP contribution in [0.2, 0.25) is 0 Å². The zero-order valence-corrected chi connectivity index (χ0v) is 10.2. The summed E-state index contributed by atoms with van der Waals surface area (Å²) in [6, 6.07) is 6.17. The Bertz CT molecular complexity index is 365. The monoisotopic (exact) mass is 220 g/mol. The van der Waals surface area contributed by atoms with E-state index < -0.39 is 0 Å². The Morgan fingerprint density at radius 1 is 1.40 bits per heavy atom. The lowest BCUT2D eigenvalue weighted by Crippen LogP contribution is -2.34. The van der Waals surface area contributed by atoms with Crippen molar-refractivity contribution in [2.24, 2.45) is 0 Å². The van der Waals surface area contributed by atoms with Crippen molar-refractivity contribution in [3.63, 3.8) is 0 Å². The molecule has 0 aliphatic heterocycles. The van der Waals surface area contributed by atoms with E-state index in [1.54, 1.807) is 6.20 Å². The molecule has 2 nitrogen and oxygen atoms in total. The van der Waals surface area contributed by atoms with E-state index in [4.69, 9.17) is 12.2 Å². The largest absolute Gasteiger partial charge is 0.365 e. The molecule has 1 N–H and O–H groups in total. The van der Waals surface area contributed by atoms with Crippen molar-refractivity contribution in [3.8, 4) is 0 Å². The average molecular weight is 220 g/mol. The summed E-state index contributed by atoms with van der Waals surface area (Å²) in [4.78, 5) is 1.89. The quantitative estimate of drug-likeness (QED) is 0.772. The van der Waals surface area contributed by atoms with Gasteiger partial charge in [0.2, 0.25) is 0 Å². The highest BCUT2D eigenvalue weighted by Gasteiger charge is 2.11. The molecule has 1 aromatic rings. The second kappa shape index (κ2) is 4.94. The maximum absolute atomic E-state index is 5.22. The van der Waals surface area contributed by atoms with Gasteiger partial charge in [0.1, 0.15) is 0 Å². The normalized spacial score (nSPS) is 9.53. The van der Waals surface area contributed by atoms with Crippen LogP contribution in [-0.2, 0) is 0 Å². The first-order chi connectivity index (χ1) is 7.11. The number of thiocarbonyl (C=S) groups is 1. The van der Waals surface area contributed by atoms with Crippen molar-refractivity contribution in [2.75, 3.05) is 11.9 Å². The number of anilines is 1. The lowest BCUT2D eigenvalue weighted by Gasteiger charge is -2.24. The lowest BCUT2D eigenvalue weighted by atomic mass is 10.1. The van der Waals surface area contributed by atoms with Crippen LogP contribution in [0.15, 0.2) is 31.0 Å². The Balaban J connectivity index is 3.23. The zero-order valence-electron chi connectivity index (χ0n) is 9.37. The summed E-state index contributed by atoms with van der Waals surface area (Å²) >= 11 is 5.22. The predicted molar refractivity (Wildman–Crippen MR) is 70.2 cm³/mol. The van der Waals surface area contributed by atoms with E-state index in [9.17, 15) is 0 Å². The third-order valence-electron chi connectivity index (χ3n) is 2.30. The van der Waals surface area contributed by atoms with Crippen LogP contribution < -0.4 is 10.2 Å². The summed E-state index contributed by atoms with van der Waals surface area (Å²) in [5.41, 5.74) is 3.48. The van der Waals surface area contributed by atoms with Gasteiger partial charge >= 0.3 is 0 Å². The number of nitrogens with one attached hydrogen (secondary N) is 1. The number of aryl methyl sites for hydroxylation is 2. The van der Waals surface area contributed by atoms with E-state index >= 15 is 0 Å². The van der Waals surface area contributed by atoms with Gasteiger partial charge in [-0.15, -0.1) is 0 Å². The van der Waals surface area contributed by atoms with E-state index in [-0.39, 0.29) is 0 Å². The zero-order chi connectivity index (χ0) is 11.4. The van der Waals surface area contributed by atoms with Crippen LogP contribution in [0.1, 0.15) is 11.1 Å². The topological polar surface area (TPSA) is 15.3 Å². The minimum atomic E-state index is 0.655. The van der Waals surface area contributed by atoms with Crippen molar-refractivity contribution < 1.29 is 0 Å². The Morgan fingerprint density at radius 2 is 1.93 bits per heavy atom. The predicted octanol–water partition coefficient (Wildman–Crippen LogP) is 2.76. The van der Waals surface area contributed by atoms with Crippen LogP contribution in [0.4, 0.5) is 5.69 Å². The molecule has 0 saturated carbocycles. The van der Waals surface area contributed by atoms with Gasteiger partial charge in [-0.1, -0.05) is 24.8 Å². The molecule has 0 bridgehead atoms. The van der Waals surface area contributed by atoms with Crippen LogP contribution in [0, 0.1) is 13.8 Å². The van der Waals surface area contributed by atoms with Crippen LogP contribution in [-0.4, -0.2) is 12.2 Å². The third-order valence-corrected chi connectivity index (χ3v) is 2.70. The number of benzene rings is 1. The minimum Gasteiger partial charge on any atom is -0.365 e. The summed E-state index contributed by atoms with van der Waals surface area (Å²) in [6.07, 6.45) is 1.73. The molecule has 0 saturated heterocycles. The summed E-state index contributed by atoms with van der Waals surface area (Å²) in [6.45, 7) is 7.92. The van der Waals surface area contributed by atoms with Crippen molar-refractivity contribution in [3.05, 3.63) is 42.1 Å². The van der Waals surface area contributed by atoms with Gasteiger partial charge in [0.05, 0.1) is 5.69 Å². The van der Waals surface area contributed by atoms with Gasteiger partial charge in [0.15, 0.2) is 5.11 Å². The molecule has 0 aliphatic carbocycles. The molecular weight excluding hydrogens is 204 g/mol. The summed E-state index contributed by atoms with van der Waals surface area (Å²) in [5, 5.41) is 3.61. The molecule has 1 aromatic carbocycles. The first-order valence-electron chi connectivity index (χ1n) is 4.81. The van der Waals surface area contributed by atoms with E-state index in [2.05, 4.69) is 37.9 Å². The number of rotatable bonds is 2. The Hall–Kier alpha value is -1.35. The summed E-state index contributed by atoms with van der Waals surface area (Å²) < 4.78 is 0. The highest BCUT2D eigenvalue weighted by molar-refractivity contribution is 7.80. The van der Waals surface area contributed by atoms with E-state index in [1.165, 1.54) is 11.1 Å². The molecule has 3 heteroatoms. The summed E-state index contributed by atoms with van der Waals surface area (Å²) in [5.74, 6) is 0. The number of para-hydroxylation sites is 1. The molecular formula is C12H16N2S. The molecule has 0 heterocycles. The fourth-order valence-electron chi connectivity index (χ4n) is 1.58. The maximum Gasteiger partial charge on any atom is 0.177 e. The molecule has 0 radical (unpaired) electrons. The van der Waals surface area contributed by atoms with Crippen molar-refractivity contribution in [1.29, 1.82) is 0 Å². The number of hydrogen-bond donors (Lipinski definition) is 1. The fraction of sp³-hybridized carbons (Fsp3) is 0.250.